The molecule has 1 aromatic carbocycles. The molecular formula is C16H18ClN3O3. The van der Waals surface area contributed by atoms with E-state index in [-0.39, 0.29) is 18.0 Å². The molecule has 0 fully saturated rings. The van der Waals surface area contributed by atoms with Crippen molar-refractivity contribution in [2.45, 2.75) is 32.2 Å². The quantitative estimate of drug-likeness (QED) is 0.850. The Balaban J connectivity index is 2.08. The third-order valence-corrected chi connectivity index (χ3v) is 3.55. The van der Waals surface area contributed by atoms with Crippen LogP contribution in [0.1, 0.15) is 37.2 Å². The van der Waals surface area contributed by atoms with Gasteiger partial charge in [-0.15, -0.1) is 0 Å². The van der Waals surface area contributed by atoms with Crippen molar-refractivity contribution >= 4 is 23.5 Å². The number of halogens is 1. The molecule has 0 aliphatic heterocycles. The summed E-state index contributed by atoms with van der Waals surface area (Å²) in [6.45, 7) is 3.56. The van der Waals surface area contributed by atoms with Gasteiger partial charge in [-0.2, -0.15) is 5.10 Å². The summed E-state index contributed by atoms with van der Waals surface area (Å²) in [4.78, 5) is 22.9. The SMILES string of the molecule is CC(C)(CCC(=O)O)NC(=O)c1ccn(-c2cccc(Cl)c2)n1. The molecule has 0 aliphatic rings. The second-order valence-electron chi connectivity index (χ2n) is 5.86. The normalized spacial score (nSPS) is 11.3. The van der Waals surface area contributed by atoms with Gasteiger partial charge in [0.2, 0.25) is 0 Å². The number of rotatable bonds is 6. The molecule has 1 heterocycles. The number of amides is 1. The number of carbonyl (C=O) groups is 2. The summed E-state index contributed by atoms with van der Waals surface area (Å²) in [6.07, 6.45) is 2.00. The van der Waals surface area contributed by atoms with Crippen LogP contribution in [0, 0.1) is 0 Å². The molecule has 1 aromatic heterocycles. The van der Waals surface area contributed by atoms with Crippen LogP contribution in [0.25, 0.3) is 5.69 Å². The Hall–Kier alpha value is -2.34. The Kier molecular flexibility index (Phi) is 5.05. The van der Waals surface area contributed by atoms with E-state index in [1.807, 2.05) is 6.07 Å². The van der Waals surface area contributed by atoms with E-state index in [2.05, 4.69) is 10.4 Å². The van der Waals surface area contributed by atoms with Crippen molar-refractivity contribution in [3.8, 4) is 5.69 Å². The number of nitrogens with zero attached hydrogens (tertiary/aromatic N) is 2. The van der Waals surface area contributed by atoms with Crippen molar-refractivity contribution in [3.05, 3.63) is 47.2 Å². The molecule has 0 saturated heterocycles. The lowest BCUT2D eigenvalue weighted by Crippen LogP contribution is -2.43. The first-order valence-corrected chi connectivity index (χ1v) is 7.50. The number of aliphatic carboxylic acids is 1. The molecule has 0 atom stereocenters. The van der Waals surface area contributed by atoms with Crippen molar-refractivity contribution in [2.24, 2.45) is 0 Å². The zero-order valence-electron chi connectivity index (χ0n) is 12.9. The molecule has 7 heteroatoms. The monoisotopic (exact) mass is 335 g/mol. The van der Waals surface area contributed by atoms with E-state index in [4.69, 9.17) is 16.7 Å². The molecule has 0 bridgehead atoms. The predicted octanol–water partition coefficient (Wildman–Crippen LogP) is 2.90. The first-order valence-electron chi connectivity index (χ1n) is 7.13. The minimum atomic E-state index is -0.891. The Morgan fingerprint density at radius 3 is 2.74 bits per heavy atom. The summed E-state index contributed by atoms with van der Waals surface area (Å²) in [6, 6.07) is 8.73. The summed E-state index contributed by atoms with van der Waals surface area (Å²) in [5.74, 6) is -1.24. The number of carboxylic acid groups (broad SMARTS) is 1. The lowest BCUT2D eigenvalue weighted by Gasteiger charge is -2.25. The van der Waals surface area contributed by atoms with E-state index < -0.39 is 11.5 Å². The molecular weight excluding hydrogens is 318 g/mol. The number of aromatic nitrogens is 2. The average molecular weight is 336 g/mol. The maximum absolute atomic E-state index is 12.3. The summed E-state index contributed by atoms with van der Waals surface area (Å²) >= 11 is 5.94. The van der Waals surface area contributed by atoms with Gasteiger partial charge in [0.1, 0.15) is 0 Å². The van der Waals surface area contributed by atoms with Crippen LogP contribution < -0.4 is 5.32 Å². The highest BCUT2D eigenvalue weighted by Crippen LogP contribution is 2.15. The third kappa shape index (κ3) is 4.82. The number of hydrogen-bond donors (Lipinski definition) is 2. The predicted molar refractivity (Wildman–Crippen MR) is 87.0 cm³/mol. The summed E-state index contributed by atoms with van der Waals surface area (Å²) < 4.78 is 1.56. The average Bonchev–Trinajstić information content (AvgIpc) is 2.95. The second kappa shape index (κ2) is 6.83. The molecule has 0 spiro atoms. The van der Waals surface area contributed by atoms with E-state index in [1.165, 1.54) is 0 Å². The lowest BCUT2D eigenvalue weighted by molar-refractivity contribution is -0.137. The van der Waals surface area contributed by atoms with Gasteiger partial charge in [-0.25, -0.2) is 4.68 Å². The van der Waals surface area contributed by atoms with E-state index in [0.717, 1.165) is 5.69 Å². The van der Waals surface area contributed by atoms with Crippen LogP contribution >= 0.6 is 11.6 Å². The maximum Gasteiger partial charge on any atom is 0.303 e. The highest BCUT2D eigenvalue weighted by atomic mass is 35.5. The fourth-order valence-electron chi connectivity index (χ4n) is 2.06. The molecule has 2 aromatic rings. The molecule has 122 valence electrons. The Bertz CT molecular complexity index is 725. The van der Waals surface area contributed by atoms with Crippen molar-refractivity contribution in [3.63, 3.8) is 0 Å². The van der Waals surface area contributed by atoms with E-state index in [1.54, 1.807) is 49.0 Å². The molecule has 2 N–H and O–H groups in total. The molecule has 1 amide bonds. The minimum Gasteiger partial charge on any atom is -0.481 e. The summed E-state index contributed by atoms with van der Waals surface area (Å²) in [7, 11) is 0. The number of carbonyl (C=O) groups excluding carboxylic acids is 1. The van der Waals surface area contributed by atoms with Crippen LogP contribution in [-0.2, 0) is 4.79 Å². The van der Waals surface area contributed by atoms with Crippen LogP contribution in [0.15, 0.2) is 36.5 Å². The van der Waals surface area contributed by atoms with Crippen molar-refractivity contribution in [1.29, 1.82) is 0 Å². The largest absolute Gasteiger partial charge is 0.481 e. The number of carboxylic acids is 1. The highest BCUT2D eigenvalue weighted by Gasteiger charge is 2.23. The Labute approximate surface area is 139 Å². The molecule has 0 radical (unpaired) electrons. The van der Waals surface area contributed by atoms with Gasteiger partial charge in [0.25, 0.3) is 5.91 Å². The Morgan fingerprint density at radius 1 is 1.35 bits per heavy atom. The third-order valence-electron chi connectivity index (χ3n) is 3.31. The van der Waals surface area contributed by atoms with Gasteiger partial charge in [-0.05, 0) is 44.5 Å². The fraction of sp³-hybridized carbons (Fsp3) is 0.312. The van der Waals surface area contributed by atoms with Crippen molar-refractivity contribution in [2.75, 3.05) is 0 Å². The molecule has 6 nitrogen and oxygen atoms in total. The molecule has 2 rings (SSSR count). The van der Waals surface area contributed by atoms with Crippen molar-refractivity contribution < 1.29 is 14.7 Å². The summed E-state index contributed by atoms with van der Waals surface area (Å²) in [5, 5.41) is 16.4. The first-order chi connectivity index (χ1) is 10.8. The zero-order valence-corrected chi connectivity index (χ0v) is 13.7. The minimum absolute atomic E-state index is 0.00969. The van der Waals surface area contributed by atoms with E-state index in [9.17, 15) is 9.59 Å². The van der Waals surface area contributed by atoms with Crippen LogP contribution in [0.4, 0.5) is 0 Å². The van der Waals surface area contributed by atoms with E-state index in [0.29, 0.717) is 11.4 Å². The smallest absolute Gasteiger partial charge is 0.303 e. The van der Waals surface area contributed by atoms with Crippen molar-refractivity contribution in [1.82, 2.24) is 15.1 Å². The zero-order chi connectivity index (χ0) is 17.0. The number of benzene rings is 1. The molecule has 23 heavy (non-hydrogen) atoms. The van der Waals surface area contributed by atoms with Gasteiger partial charge in [0, 0.05) is 23.2 Å². The van der Waals surface area contributed by atoms with Gasteiger partial charge in [0.05, 0.1) is 5.69 Å². The molecule has 0 saturated carbocycles. The lowest BCUT2D eigenvalue weighted by atomic mass is 9.98. The highest BCUT2D eigenvalue weighted by molar-refractivity contribution is 6.30. The van der Waals surface area contributed by atoms with Gasteiger partial charge < -0.3 is 10.4 Å². The van der Waals surface area contributed by atoms with Gasteiger partial charge in [-0.3, -0.25) is 9.59 Å². The maximum atomic E-state index is 12.3. The molecule has 0 aliphatic carbocycles. The Morgan fingerprint density at radius 2 is 2.09 bits per heavy atom. The number of nitrogens with one attached hydrogen (secondary N) is 1. The van der Waals surface area contributed by atoms with Crippen LogP contribution in [0.5, 0.6) is 0 Å². The van der Waals surface area contributed by atoms with Gasteiger partial charge >= 0.3 is 5.97 Å². The standard InChI is InChI=1S/C16H18ClN3O3/c1-16(2,8-6-14(21)22)18-15(23)13-7-9-20(19-13)12-5-3-4-11(17)10-12/h3-5,7,9-10H,6,8H2,1-2H3,(H,18,23)(H,21,22). The van der Waals surface area contributed by atoms with Gasteiger partial charge in [0.15, 0.2) is 5.69 Å². The number of hydrogen-bond acceptors (Lipinski definition) is 3. The van der Waals surface area contributed by atoms with Gasteiger partial charge in [-0.1, -0.05) is 17.7 Å². The molecule has 0 unspecified atom stereocenters. The second-order valence-corrected chi connectivity index (χ2v) is 6.29. The summed E-state index contributed by atoms with van der Waals surface area (Å²) in [5.41, 5.74) is 0.380. The van der Waals surface area contributed by atoms with Crippen LogP contribution in [0.2, 0.25) is 5.02 Å². The topological polar surface area (TPSA) is 84.2 Å². The van der Waals surface area contributed by atoms with Crippen LogP contribution in [-0.4, -0.2) is 32.3 Å². The van der Waals surface area contributed by atoms with Crippen LogP contribution in [0.3, 0.4) is 0 Å². The first kappa shape index (κ1) is 17.0. The van der Waals surface area contributed by atoms with E-state index >= 15 is 0 Å². The fourth-order valence-corrected chi connectivity index (χ4v) is 2.25.